The summed E-state index contributed by atoms with van der Waals surface area (Å²) >= 11 is 0. The van der Waals surface area contributed by atoms with E-state index >= 15 is 0 Å². The zero-order valence-corrected chi connectivity index (χ0v) is 14.4. The van der Waals surface area contributed by atoms with Crippen LogP contribution in [-0.4, -0.2) is 28.9 Å². The topological polar surface area (TPSA) is 97.1 Å². The second-order valence-electron chi connectivity index (χ2n) is 6.95. The summed E-state index contributed by atoms with van der Waals surface area (Å²) in [7, 11) is 0. The maximum absolute atomic E-state index is 12.4. The van der Waals surface area contributed by atoms with E-state index in [1.165, 1.54) is 0 Å². The largest absolute Gasteiger partial charge is 0.347 e. The number of nitrogens with zero attached hydrogens (tertiary/aromatic N) is 1. The molecule has 1 aromatic carbocycles. The third-order valence-electron chi connectivity index (χ3n) is 4.90. The van der Waals surface area contributed by atoms with E-state index in [1.54, 1.807) is 12.3 Å². The number of para-hydroxylation sites is 1. The van der Waals surface area contributed by atoms with Gasteiger partial charge in [-0.1, -0.05) is 31.0 Å². The van der Waals surface area contributed by atoms with E-state index in [9.17, 15) is 9.59 Å². The molecule has 0 saturated heterocycles. The van der Waals surface area contributed by atoms with Crippen LogP contribution >= 0.6 is 0 Å². The molecule has 3 rings (SSSR count). The number of pyridine rings is 1. The molecule has 2 aromatic rings. The SMILES string of the molecule is CC1(N)CCCCC1C(=O)NCC(=O)Nc1cccc2cccnc12. The summed E-state index contributed by atoms with van der Waals surface area (Å²) in [6.45, 7) is 1.84. The average Bonchev–Trinajstić information content (AvgIpc) is 2.60. The molecule has 0 radical (unpaired) electrons. The van der Waals surface area contributed by atoms with Crippen molar-refractivity contribution in [3.05, 3.63) is 36.5 Å². The molecule has 1 saturated carbocycles. The molecule has 1 heterocycles. The lowest BCUT2D eigenvalue weighted by Gasteiger charge is -2.37. The summed E-state index contributed by atoms with van der Waals surface area (Å²) in [6.07, 6.45) is 5.33. The average molecular weight is 340 g/mol. The van der Waals surface area contributed by atoms with Gasteiger partial charge in [0, 0.05) is 17.1 Å². The number of nitrogens with one attached hydrogen (secondary N) is 2. The van der Waals surface area contributed by atoms with Crippen molar-refractivity contribution in [3.63, 3.8) is 0 Å². The number of hydrogen-bond acceptors (Lipinski definition) is 4. The first kappa shape index (κ1) is 17.4. The quantitative estimate of drug-likeness (QED) is 0.795. The molecule has 4 N–H and O–H groups in total. The van der Waals surface area contributed by atoms with Crippen molar-refractivity contribution >= 4 is 28.4 Å². The fourth-order valence-electron chi connectivity index (χ4n) is 3.48. The highest BCUT2D eigenvalue weighted by Crippen LogP contribution is 2.31. The van der Waals surface area contributed by atoms with Gasteiger partial charge in [-0.05, 0) is 31.9 Å². The highest BCUT2D eigenvalue weighted by molar-refractivity contribution is 6.01. The van der Waals surface area contributed by atoms with Gasteiger partial charge >= 0.3 is 0 Å². The number of nitrogens with two attached hydrogens (primary N) is 1. The predicted octanol–water partition coefficient (Wildman–Crippen LogP) is 2.20. The Labute approximate surface area is 147 Å². The molecule has 0 aliphatic heterocycles. The smallest absolute Gasteiger partial charge is 0.243 e. The first-order valence-electron chi connectivity index (χ1n) is 8.67. The maximum Gasteiger partial charge on any atom is 0.243 e. The number of carbonyl (C=O) groups is 2. The Morgan fingerprint density at radius 2 is 2.08 bits per heavy atom. The van der Waals surface area contributed by atoms with Crippen LogP contribution in [0, 0.1) is 5.92 Å². The van der Waals surface area contributed by atoms with Gasteiger partial charge in [0.2, 0.25) is 11.8 Å². The summed E-state index contributed by atoms with van der Waals surface area (Å²) in [4.78, 5) is 28.9. The van der Waals surface area contributed by atoms with E-state index < -0.39 is 5.54 Å². The van der Waals surface area contributed by atoms with E-state index in [4.69, 9.17) is 5.73 Å². The van der Waals surface area contributed by atoms with Gasteiger partial charge in [0.25, 0.3) is 0 Å². The van der Waals surface area contributed by atoms with Crippen molar-refractivity contribution in [2.24, 2.45) is 11.7 Å². The molecule has 2 atom stereocenters. The lowest BCUT2D eigenvalue weighted by Crippen LogP contribution is -2.53. The first-order chi connectivity index (χ1) is 12.0. The van der Waals surface area contributed by atoms with E-state index in [1.807, 2.05) is 31.2 Å². The molecule has 0 bridgehead atoms. The standard InChI is InChI=1S/C19H24N4O2/c1-19(20)10-3-2-8-14(19)18(25)22-12-16(24)23-15-9-4-6-13-7-5-11-21-17(13)15/h4-7,9,11,14H,2-3,8,10,12,20H2,1H3,(H,22,25)(H,23,24). The van der Waals surface area contributed by atoms with Gasteiger partial charge in [-0.25, -0.2) is 0 Å². The van der Waals surface area contributed by atoms with Crippen LogP contribution < -0.4 is 16.4 Å². The minimum Gasteiger partial charge on any atom is -0.347 e. The maximum atomic E-state index is 12.4. The van der Waals surface area contributed by atoms with Gasteiger partial charge in [-0.3, -0.25) is 14.6 Å². The first-order valence-corrected chi connectivity index (χ1v) is 8.67. The second kappa shape index (κ2) is 7.19. The van der Waals surface area contributed by atoms with Crippen LogP contribution in [-0.2, 0) is 9.59 Å². The number of carbonyl (C=O) groups excluding carboxylic acids is 2. The minimum atomic E-state index is -0.502. The van der Waals surface area contributed by atoms with Crippen LogP contribution in [0.2, 0.25) is 0 Å². The van der Waals surface area contributed by atoms with Crippen LogP contribution in [0.15, 0.2) is 36.5 Å². The molecular weight excluding hydrogens is 316 g/mol. The molecule has 1 aliphatic carbocycles. The Morgan fingerprint density at radius 3 is 2.88 bits per heavy atom. The molecule has 25 heavy (non-hydrogen) atoms. The van der Waals surface area contributed by atoms with Crippen LogP contribution in [0.4, 0.5) is 5.69 Å². The number of hydrogen-bond donors (Lipinski definition) is 3. The zero-order chi connectivity index (χ0) is 17.9. The normalized spacial score (nSPS) is 23.2. The van der Waals surface area contributed by atoms with Crippen LogP contribution in [0.5, 0.6) is 0 Å². The summed E-state index contributed by atoms with van der Waals surface area (Å²) in [5.74, 6) is -0.662. The van der Waals surface area contributed by atoms with Gasteiger partial charge in [0.1, 0.15) is 0 Å². The van der Waals surface area contributed by atoms with Crippen molar-refractivity contribution in [2.45, 2.75) is 38.1 Å². The van der Waals surface area contributed by atoms with E-state index in [2.05, 4.69) is 15.6 Å². The molecular formula is C19H24N4O2. The molecule has 1 aliphatic rings. The lowest BCUT2D eigenvalue weighted by molar-refractivity contribution is -0.130. The van der Waals surface area contributed by atoms with Crippen LogP contribution in [0.1, 0.15) is 32.6 Å². The Morgan fingerprint density at radius 1 is 1.28 bits per heavy atom. The van der Waals surface area contributed by atoms with Crippen molar-refractivity contribution in [1.29, 1.82) is 0 Å². The van der Waals surface area contributed by atoms with Crippen molar-refractivity contribution in [2.75, 3.05) is 11.9 Å². The lowest BCUT2D eigenvalue weighted by atomic mass is 9.74. The van der Waals surface area contributed by atoms with Crippen LogP contribution in [0.3, 0.4) is 0 Å². The Kier molecular flexibility index (Phi) is 4.99. The van der Waals surface area contributed by atoms with Crippen LogP contribution in [0.25, 0.3) is 10.9 Å². The molecule has 6 heteroatoms. The van der Waals surface area contributed by atoms with Crippen molar-refractivity contribution in [3.8, 4) is 0 Å². The third kappa shape index (κ3) is 3.96. The number of rotatable bonds is 4. The number of benzene rings is 1. The number of anilines is 1. The monoisotopic (exact) mass is 340 g/mol. The highest BCUT2D eigenvalue weighted by atomic mass is 16.2. The van der Waals surface area contributed by atoms with Crippen molar-refractivity contribution in [1.82, 2.24) is 10.3 Å². The molecule has 2 unspecified atom stereocenters. The molecule has 0 spiro atoms. The minimum absolute atomic E-state index is 0.0748. The molecule has 1 fully saturated rings. The summed E-state index contributed by atoms with van der Waals surface area (Å²) in [5, 5.41) is 6.49. The number of fused-ring (bicyclic) bond motifs is 1. The van der Waals surface area contributed by atoms with E-state index in [0.717, 1.165) is 36.6 Å². The fourth-order valence-corrected chi connectivity index (χ4v) is 3.48. The number of amides is 2. The summed E-state index contributed by atoms with van der Waals surface area (Å²) in [5.41, 5.74) is 7.11. The van der Waals surface area contributed by atoms with Gasteiger partial charge < -0.3 is 16.4 Å². The molecule has 1 aromatic heterocycles. The number of aromatic nitrogens is 1. The highest BCUT2D eigenvalue weighted by Gasteiger charge is 2.37. The molecule has 6 nitrogen and oxygen atoms in total. The van der Waals surface area contributed by atoms with Gasteiger partial charge in [-0.2, -0.15) is 0 Å². The van der Waals surface area contributed by atoms with Gasteiger partial charge in [0.15, 0.2) is 0 Å². The van der Waals surface area contributed by atoms with Crippen molar-refractivity contribution < 1.29 is 9.59 Å². The summed E-state index contributed by atoms with van der Waals surface area (Å²) in [6, 6.07) is 9.38. The second-order valence-corrected chi connectivity index (χ2v) is 6.95. The van der Waals surface area contributed by atoms with E-state index in [-0.39, 0.29) is 24.3 Å². The fraction of sp³-hybridized carbons (Fsp3) is 0.421. The molecule has 132 valence electrons. The predicted molar refractivity (Wildman–Crippen MR) is 97.9 cm³/mol. The summed E-state index contributed by atoms with van der Waals surface area (Å²) < 4.78 is 0. The zero-order valence-electron chi connectivity index (χ0n) is 14.4. The van der Waals surface area contributed by atoms with Gasteiger partial charge in [0.05, 0.1) is 23.7 Å². The Hall–Kier alpha value is -2.47. The Bertz CT molecular complexity index is 783. The van der Waals surface area contributed by atoms with Gasteiger partial charge in [-0.15, -0.1) is 0 Å². The third-order valence-corrected chi connectivity index (χ3v) is 4.90. The van der Waals surface area contributed by atoms with E-state index in [0.29, 0.717) is 5.69 Å². The Balaban J connectivity index is 1.60. The molecule has 2 amide bonds.